The molecule has 28 heavy (non-hydrogen) atoms. The Balaban J connectivity index is 1.99. The van der Waals surface area contributed by atoms with E-state index in [1.807, 2.05) is 12.2 Å². The number of anilines is 1. The molecular formula is C18H15F3N2O5. The monoisotopic (exact) mass is 396 g/mol. The number of esters is 1. The molecule has 0 aliphatic heterocycles. The van der Waals surface area contributed by atoms with Crippen molar-refractivity contribution in [2.75, 3.05) is 11.9 Å². The van der Waals surface area contributed by atoms with Gasteiger partial charge in [0.25, 0.3) is 11.6 Å². The van der Waals surface area contributed by atoms with Gasteiger partial charge in [-0.05, 0) is 18.6 Å². The highest BCUT2D eigenvalue weighted by Gasteiger charge is 2.35. The van der Waals surface area contributed by atoms with E-state index >= 15 is 0 Å². The van der Waals surface area contributed by atoms with Crippen molar-refractivity contribution < 1.29 is 32.4 Å². The average Bonchev–Trinajstić information content (AvgIpc) is 2.61. The van der Waals surface area contributed by atoms with Gasteiger partial charge in [-0.3, -0.25) is 19.7 Å². The van der Waals surface area contributed by atoms with Gasteiger partial charge in [-0.1, -0.05) is 29.8 Å². The fourth-order valence-electron chi connectivity index (χ4n) is 2.25. The van der Waals surface area contributed by atoms with Gasteiger partial charge in [0.2, 0.25) is 0 Å². The van der Waals surface area contributed by atoms with E-state index in [4.69, 9.17) is 4.74 Å². The number of amides is 1. The number of rotatable bonds is 6. The lowest BCUT2D eigenvalue weighted by Crippen LogP contribution is -2.23. The van der Waals surface area contributed by atoms with Gasteiger partial charge in [0.15, 0.2) is 6.61 Å². The van der Waals surface area contributed by atoms with Crippen molar-refractivity contribution in [3.63, 3.8) is 0 Å². The van der Waals surface area contributed by atoms with Gasteiger partial charge in [0.05, 0.1) is 22.6 Å². The lowest BCUT2D eigenvalue weighted by molar-refractivity contribution is -0.385. The second-order valence-corrected chi connectivity index (χ2v) is 5.86. The molecule has 2 rings (SSSR count). The van der Waals surface area contributed by atoms with Crippen LogP contribution in [0, 0.1) is 17.0 Å². The van der Waals surface area contributed by atoms with Crippen molar-refractivity contribution in [2.24, 2.45) is 0 Å². The summed E-state index contributed by atoms with van der Waals surface area (Å²) in [7, 11) is 0. The molecule has 0 heterocycles. The highest BCUT2D eigenvalue weighted by Crippen LogP contribution is 2.37. The minimum Gasteiger partial charge on any atom is -0.455 e. The van der Waals surface area contributed by atoms with Crippen molar-refractivity contribution in [3.05, 3.63) is 69.3 Å². The SMILES string of the molecule is Cc1ccc(CC(=O)OCC(=O)Nc2ccc([N+](=O)[O-])cc2C(F)(F)F)cc1. The molecule has 2 aromatic carbocycles. The Morgan fingerprint density at radius 2 is 1.79 bits per heavy atom. The number of non-ortho nitro benzene ring substituents is 1. The van der Waals surface area contributed by atoms with E-state index in [1.54, 1.807) is 24.3 Å². The first-order valence-electron chi connectivity index (χ1n) is 7.93. The lowest BCUT2D eigenvalue weighted by Gasteiger charge is -2.13. The lowest BCUT2D eigenvalue weighted by atomic mass is 10.1. The predicted octanol–water partition coefficient (Wildman–Crippen LogP) is 3.65. The number of ether oxygens (including phenoxy) is 1. The molecule has 0 unspecified atom stereocenters. The van der Waals surface area contributed by atoms with Gasteiger partial charge in [-0.2, -0.15) is 13.2 Å². The number of aryl methyl sites for hydroxylation is 1. The Morgan fingerprint density at radius 1 is 1.14 bits per heavy atom. The summed E-state index contributed by atoms with van der Waals surface area (Å²) >= 11 is 0. The molecule has 10 heteroatoms. The Bertz CT molecular complexity index is 895. The maximum absolute atomic E-state index is 13.1. The van der Waals surface area contributed by atoms with Crippen LogP contribution in [0.15, 0.2) is 42.5 Å². The fourth-order valence-corrected chi connectivity index (χ4v) is 2.25. The largest absolute Gasteiger partial charge is 0.455 e. The number of nitro benzene ring substituents is 1. The minimum atomic E-state index is -4.92. The topological polar surface area (TPSA) is 98.5 Å². The first kappa shape index (κ1) is 20.9. The molecule has 1 N–H and O–H groups in total. The van der Waals surface area contributed by atoms with Crippen LogP contribution in [0.3, 0.4) is 0 Å². The first-order valence-corrected chi connectivity index (χ1v) is 7.93. The van der Waals surface area contributed by atoms with Crippen LogP contribution in [0.5, 0.6) is 0 Å². The molecular weight excluding hydrogens is 381 g/mol. The summed E-state index contributed by atoms with van der Waals surface area (Å²) in [4.78, 5) is 33.2. The number of nitrogens with zero attached hydrogens (tertiary/aromatic N) is 1. The minimum absolute atomic E-state index is 0.0983. The third-order valence-corrected chi connectivity index (χ3v) is 3.63. The maximum Gasteiger partial charge on any atom is 0.418 e. The maximum atomic E-state index is 13.1. The summed E-state index contributed by atoms with van der Waals surface area (Å²) in [6.45, 7) is 1.08. The number of hydrogen-bond acceptors (Lipinski definition) is 5. The zero-order chi connectivity index (χ0) is 20.9. The smallest absolute Gasteiger partial charge is 0.418 e. The van der Waals surface area contributed by atoms with E-state index in [0.29, 0.717) is 11.6 Å². The molecule has 0 spiro atoms. The molecule has 2 aromatic rings. The average molecular weight is 396 g/mol. The van der Waals surface area contributed by atoms with Crippen LogP contribution in [-0.4, -0.2) is 23.4 Å². The van der Waals surface area contributed by atoms with E-state index in [-0.39, 0.29) is 6.42 Å². The zero-order valence-electron chi connectivity index (χ0n) is 14.6. The number of carbonyl (C=O) groups is 2. The Hall–Kier alpha value is -3.43. The summed E-state index contributed by atoms with van der Waals surface area (Å²) in [5, 5.41) is 12.6. The number of nitro groups is 1. The van der Waals surface area contributed by atoms with E-state index in [0.717, 1.165) is 17.7 Å². The van der Waals surface area contributed by atoms with Crippen LogP contribution < -0.4 is 5.32 Å². The molecule has 0 fully saturated rings. The van der Waals surface area contributed by atoms with E-state index in [9.17, 15) is 32.9 Å². The highest BCUT2D eigenvalue weighted by atomic mass is 19.4. The third-order valence-electron chi connectivity index (χ3n) is 3.63. The van der Waals surface area contributed by atoms with E-state index < -0.39 is 46.5 Å². The first-order chi connectivity index (χ1) is 13.1. The van der Waals surface area contributed by atoms with Gasteiger partial charge in [-0.25, -0.2) is 0 Å². The van der Waals surface area contributed by atoms with Crippen LogP contribution in [0.1, 0.15) is 16.7 Å². The van der Waals surface area contributed by atoms with Gasteiger partial charge >= 0.3 is 12.1 Å². The van der Waals surface area contributed by atoms with Gasteiger partial charge in [-0.15, -0.1) is 0 Å². The van der Waals surface area contributed by atoms with Crippen LogP contribution in [-0.2, 0) is 26.9 Å². The molecule has 148 valence electrons. The summed E-state index contributed by atoms with van der Waals surface area (Å²) in [6, 6.07) is 8.93. The molecule has 0 radical (unpaired) electrons. The van der Waals surface area contributed by atoms with Crippen molar-refractivity contribution >= 4 is 23.3 Å². The van der Waals surface area contributed by atoms with Crippen molar-refractivity contribution in [1.82, 2.24) is 0 Å². The number of hydrogen-bond donors (Lipinski definition) is 1. The summed E-state index contributed by atoms with van der Waals surface area (Å²) in [5.74, 6) is -1.73. The van der Waals surface area contributed by atoms with Crippen molar-refractivity contribution in [2.45, 2.75) is 19.5 Å². The van der Waals surface area contributed by atoms with Crippen molar-refractivity contribution in [1.29, 1.82) is 0 Å². The number of benzene rings is 2. The van der Waals surface area contributed by atoms with Gasteiger partial charge in [0, 0.05) is 12.1 Å². The molecule has 0 aliphatic rings. The molecule has 0 aromatic heterocycles. The quantitative estimate of drug-likeness (QED) is 0.457. The summed E-state index contributed by atoms with van der Waals surface area (Å²) < 4.78 is 44.0. The Kier molecular flexibility index (Phi) is 6.34. The highest BCUT2D eigenvalue weighted by molar-refractivity contribution is 5.93. The van der Waals surface area contributed by atoms with Crippen molar-refractivity contribution in [3.8, 4) is 0 Å². The summed E-state index contributed by atoms with van der Waals surface area (Å²) in [6.07, 6.45) is -5.02. The fraction of sp³-hybridized carbons (Fsp3) is 0.222. The van der Waals surface area contributed by atoms with Gasteiger partial charge < -0.3 is 10.1 Å². The van der Waals surface area contributed by atoms with Crippen LogP contribution >= 0.6 is 0 Å². The van der Waals surface area contributed by atoms with Crippen LogP contribution in [0.25, 0.3) is 0 Å². The molecule has 0 saturated heterocycles. The number of halogens is 3. The van der Waals surface area contributed by atoms with Crippen LogP contribution in [0.2, 0.25) is 0 Å². The third kappa shape index (κ3) is 5.79. The van der Waals surface area contributed by atoms with Crippen LogP contribution in [0.4, 0.5) is 24.5 Å². The second-order valence-electron chi connectivity index (χ2n) is 5.86. The molecule has 0 atom stereocenters. The molecule has 1 amide bonds. The Labute approximate surface area is 157 Å². The second kappa shape index (κ2) is 8.51. The number of nitrogens with one attached hydrogen (secondary N) is 1. The zero-order valence-corrected chi connectivity index (χ0v) is 14.6. The molecule has 0 bridgehead atoms. The van der Waals surface area contributed by atoms with E-state index in [2.05, 4.69) is 0 Å². The standard InChI is InChI=1S/C18H15F3N2O5/c1-11-2-4-12(5-3-11)8-17(25)28-10-16(24)22-15-7-6-13(23(26)27)9-14(15)18(19,20)21/h2-7,9H,8,10H2,1H3,(H,22,24). The predicted molar refractivity (Wildman–Crippen MR) is 92.6 cm³/mol. The number of alkyl halides is 3. The Morgan fingerprint density at radius 3 is 2.36 bits per heavy atom. The molecule has 0 aliphatic carbocycles. The molecule has 0 saturated carbocycles. The number of carbonyl (C=O) groups excluding carboxylic acids is 2. The normalized spacial score (nSPS) is 11.0. The summed E-state index contributed by atoms with van der Waals surface area (Å²) in [5.41, 5.74) is -1.15. The van der Waals surface area contributed by atoms with E-state index in [1.165, 1.54) is 0 Å². The molecule has 7 nitrogen and oxygen atoms in total. The van der Waals surface area contributed by atoms with Gasteiger partial charge in [0.1, 0.15) is 0 Å².